The zero-order chi connectivity index (χ0) is 23.7. The van der Waals surface area contributed by atoms with Crippen LogP contribution in [0.1, 0.15) is 40.0 Å². The fourth-order valence-corrected chi connectivity index (χ4v) is 4.13. The summed E-state index contributed by atoms with van der Waals surface area (Å²) in [7, 11) is 1.64. The Labute approximate surface area is 190 Å². The summed E-state index contributed by atoms with van der Waals surface area (Å²) in [4.78, 5) is 22.7. The van der Waals surface area contributed by atoms with E-state index in [1.165, 1.54) is 17.7 Å². The van der Waals surface area contributed by atoms with Gasteiger partial charge in [-0.05, 0) is 40.0 Å². The number of epoxide rings is 1. The van der Waals surface area contributed by atoms with Crippen molar-refractivity contribution in [2.45, 2.75) is 63.9 Å². The Balaban J connectivity index is 1.95. The Morgan fingerprint density at radius 1 is 1.16 bits per heavy atom. The zero-order valence-electron chi connectivity index (χ0n) is 19.3. The van der Waals surface area contributed by atoms with Gasteiger partial charge in [-0.25, -0.2) is 9.59 Å². The van der Waals surface area contributed by atoms with Crippen LogP contribution in [-0.4, -0.2) is 48.1 Å². The second kappa shape index (κ2) is 11.8. The van der Waals surface area contributed by atoms with Crippen LogP contribution in [0.3, 0.4) is 0 Å². The molecule has 32 heavy (non-hydrogen) atoms. The van der Waals surface area contributed by atoms with E-state index in [4.69, 9.17) is 19.3 Å². The number of rotatable bonds is 10. The first kappa shape index (κ1) is 25.6. The van der Waals surface area contributed by atoms with Crippen molar-refractivity contribution in [1.82, 2.24) is 0 Å². The van der Waals surface area contributed by atoms with Gasteiger partial charge in [-0.1, -0.05) is 60.3 Å². The Morgan fingerprint density at radius 2 is 1.78 bits per heavy atom. The largest absolute Gasteiger partial charge is 0.478 e. The molecule has 1 saturated heterocycles. The second-order valence-electron chi connectivity index (χ2n) is 8.48. The molecule has 5 atom stereocenters. The van der Waals surface area contributed by atoms with E-state index in [1.54, 1.807) is 37.5 Å². The first-order chi connectivity index (χ1) is 15.2. The van der Waals surface area contributed by atoms with Gasteiger partial charge in [0.1, 0.15) is 17.8 Å². The van der Waals surface area contributed by atoms with Crippen molar-refractivity contribution in [1.29, 1.82) is 0 Å². The molecule has 1 aliphatic carbocycles. The van der Waals surface area contributed by atoms with Gasteiger partial charge in [-0.15, -0.1) is 0 Å². The van der Waals surface area contributed by atoms with E-state index in [1.807, 2.05) is 0 Å². The number of esters is 1. The molecule has 0 aromatic rings. The first-order valence-electron chi connectivity index (χ1n) is 10.8. The molecule has 0 radical (unpaired) electrons. The van der Waals surface area contributed by atoms with Crippen LogP contribution in [0, 0.1) is 5.92 Å². The van der Waals surface area contributed by atoms with Crippen LogP contribution >= 0.6 is 0 Å². The molecular formula is C26H34O6. The minimum absolute atomic E-state index is 0.0394. The summed E-state index contributed by atoms with van der Waals surface area (Å²) in [5, 5.41) is 8.50. The van der Waals surface area contributed by atoms with E-state index in [-0.39, 0.29) is 29.8 Å². The van der Waals surface area contributed by atoms with E-state index in [2.05, 4.69) is 33.4 Å². The number of carbonyl (C=O) groups excluding carboxylic acids is 1. The first-order valence-corrected chi connectivity index (χ1v) is 10.8. The lowest BCUT2D eigenvalue weighted by molar-refractivity contribution is -0.156. The molecule has 0 unspecified atom stereocenters. The molecule has 2 rings (SSSR count). The van der Waals surface area contributed by atoms with Gasteiger partial charge in [0.05, 0.1) is 6.10 Å². The molecule has 174 valence electrons. The van der Waals surface area contributed by atoms with E-state index in [0.29, 0.717) is 6.42 Å². The number of aliphatic carboxylic acids is 1. The molecule has 1 heterocycles. The van der Waals surface area contributed by atoms with Gasteiger partial charge in [0, 0.05) is 25.2 Å². The maximum absolute atomic E-state index is 12.3. The van der Waals surface area contributed by atoms with Gasteiger partial charge in [-0.3, -0.25) is 0 Å². The normalized spacial score (nSPS) is 30.4. The highest BCUT2D eigenvalue weighted by molar-refractivity contribution is 5.82. The van der Waals surface area contributed by atoms with Crippen LogP contribution < -0.4 is 0 Å². The average molecular weight is 443 g/mol. The van der Waals surface area contributed by atoms with E-state index < -0.39 is 11.9 Å². The number of carbonyl (C=O) groups is 2. The lowest BCUT2D eigenvalue weighted by Crippen LogP contribution is -2.48. The molecule has 0 amide bonds. The maximum Gasteiger partial charge on any atom is 0.331 e. The Hall–Kier alpha value is -2.70. The summed E-state index contributed by atoms with van der Waals surface area (Å²) in [6.07, 6.45) is 15.9. The van der Waals surface area contributed by atoms with Gasteiger partial charge >= 0.3 is 11.9 Å². The number of ether oxygens (including phenoxy) is 3. The quantitative estimate of drug-likeness (QED) is 0.173. The standard InChI is InChI=1S/C26H34O6/c1-18(2)14-17-21-26(4,32-21)24-19(3)15-16-20(25(24)30-5)31-23(29)13-11-9-7-6-8-10-12-22(27)28/h6-14,20-21,24-25H,3,15-17H2,1-2,4-5H3,(H,27,28)/b8-6+,9-7+,12-10+,13-11+/t20-,21-,24+,25-,26+/m1/s1. The molecule has 6 heteroatoms. The third-order valence-electron chi connectivity index (χ3n) is 5.79. The molecule has 0 spiro atoms. The lowest BCUT2D eigenvalue weighted by atomic mass is 9.72. The minimum Gasteiger partial charge on any atom is -0.478 e. The predicted octanol–water partition coefficient (Wildman–Crippen LogP) is 4.70. The molecule has 0 aromatic carbocycles. The van der Waals surface area contributed by atoms with E-state index in [0.717, 1.165) is 24.5 Å². The Kier molecular flexibility index (Phi) is 9.42. The smallest absolute Gasteiger partial charge is 0.331 e. The highest BCUT2D eigenvalue weighted by Gasteiger charge is 2.61. The number of hydrogen-bond donors (Lipinski definition) is 1. The van der Waals surface area contributed by atoms with Crippen LogP contribution in [0.4, 0.5) is 0 Å². The summed E-state index contributed by atoms with van der Waals surface area (Å²) < 4.78 is 17.6. The van der Waals surface area contributed by atoms with Crippen LogP contribution in [0.2, 0.25) is 0 Å². The highest BCUT2D eigenvalue weighted by atomic mass is 16.6. The third-order valence-corrected chi connectivity index (χ3v) is 5.79. The number of carboxylic acid groups (broad SMARTS) is 1. The van der Waals surface area contributed by atoms with Crippen molar-refractivity contribution >= 4 is 11.9 Å². The SMILES string of the molecule is C=C1CC[C@@H](OC(=O)/C=C/C=C/C=C/C=C/C(=O)O)[C@@H](OC)[C@H]1[C@@]1(C)O[C@@H]1CC=C(C)C. The molecule has 1 saturated carbocycles. The number of carboxylic acids is 1. The van der Waals surface area contributed by atoms with Crippen molar-refractivity contribution < 1.29 is 28.9 Å². The Bertz CT molecular complexity index is 842. The van der Waals surface area contributed by atoms with Crippen LogP contribution in [0.5, 0.6) is 0 Å². The summed E-state index contributed by atoms with van der Waals surface area (Å²) in [5.74, 6) is -1.48. The molecule has 1 aliphatic heterocycles. The Morgan fingerprint density at radius 3 is 2.38 bits per heavy atom. The topological polar surface area (TPSA) is 85.4 Å². The van der Waals surface area contributed by atoms with Gasteiger partial charge in [0.15, 0.2) is 0 Å². The van der Waals surface area contributed by atoms with Crippen LogP contribution in [-0.2, 0) is 23.8 Å². The van der Waals surface area contributed by atoms with Gasteiger partial charge in [-0.2, -0.15) is 0 Å². The summed E-state index contributed by atoms with van der Waals surface area (Å²) in [6, 6.07) is 0. The van der Waals surface area contributed by atoms with Crippen molar-refractivity contribution in [3.05, 3.63) is 72.4 Å². The second-order valence-corrected chi connectivity index (χ2v) is 8.48. The van der Waals surface area contributed by atoms with Crippen molar-refractivity contribution in [2.24, 2.45) is 5.92 Å². The molecule has 1 N–H and O–H groups in total. The molecule has 0 aromatic heterocycles. The summed E-state index contributed by atoms with van der Waals surface area (Å²) in [6.45, 7) is 10.5. The van der Waals surface area contributed by atoms with Gasteiger partial charge in [0.25, 0.3) is 0 Å². The van der Waals surface area contributed by atoms with E-state index in [9.17, 15) is 9.59 Å². The number of allylic oxidation sites excluding steroid dienone is 7. The fourth-order valence-electron chi connectivity index (χ4n) is 4.13. The molecule has 0 bridgehead atoms. The zero-order valence-corrected chi connectivity index (χ0v) is 19.3. The minimum atomic E-state index is -1.00. The molecule has 2 fully saturated rings. The molecular weight excluding hydrogens is 408 g/mol. The van der Waals surface area contributed by atoms with Crippen LogP contribution in [0.15, 0.2) is 72.4 Å². The highest BCUT2D eigenvalue weighted by Crippen LogP contribution is 2.52. The van der Waals surface area contributed by atoms with Crippen molar-refractivity contribution in [3.8, 4) is 0 Å². The van der Waals surface area contributed by atoms with E-state index >= 15 is 0 Å². The predicted molar refractivity (Wildman–Crippen MR) is 124 cm³/mol. The lowest BCUT2D eigenvalue weighted by Gasteiger charge is -2.40. The van der Waals surface area contributed by atoms with Gasteiger partial charge < -0.3 is 19.3 Å². The average Bonchev–Trinajstić information content (AvgIpc) is 3.39. The summed E-state index contributed by atoms with van der Waals surface area (Å²) in [5.41, 5.74) is 1.97. The number of hydrogen-bond acceptors (Lipinski definition) is 5. The van der Waals surface area contributed by atoms with Crippen molar-refractivity contribution in [3.63, 3.8) is 0 Å². The summed E-state index contributed by atoms with van der Waals surface area (Å²) >= 11 is 0. The fraction of sp³-hybridized carbons (Fsp3) is 0.462. The molecule has 2 aliphatic rings. The third kappa shape index (κ3) is 7.18. The van der Waals surface area contributed by atoms with Gasteiger partial charge in [0.2, 0.25) is 0 Å². The monoisotopic (exact) mass is 442 g/mol. The maximum atomic E-state index is 12.3. The van der Waals surface area contributed by atoms with Crippen molar-refractivity contribution in [2.75, 3.05) is 7.11 Å². The number of methoxy groups -OCH3 is 1. The van der Waals surface area contributed by atoms with Crippen LogP contribution in [0.25, 0.3) is 0 Å². The molecule has 6 nitrogen and oxygen atoms in total.